The van der Waals surface area contributed by atoms with Crippen molar-refractivity contribution in [3.05, 3.63) is 123 Å². The zero-order valence-corrected chi connectivity index (χ0v) is 29.3. The fourth-order valence-corrected chi connectivity index (χ4v) is 6.91. The summed E-state index contributed by atoms with van der Waals surface area (Å²) in [5.41, 5.74) is 1.58. The Morgan fingerprint density at radius 2 is 1.49 bits per heavy atom. The van der Waals surface area contributed by atoms with Gasteiger partial charge in [-0.2, -0.15) is 0 Å². The Hall–Kier alpha value is -3.76. The van der Waals surface area contributed by atoms with Gasteiger partial charge in [0.05, 0.1) is 17.2 Å². The number of ether oxygens (including phenoxy) is 1. The summed E-state index contributed by atoms with van der Waals surface area (Å²) in [4.78, 5) is 29.7. The fourth-order valence-electron chi connectivity index (χ4n) is 4.91. The predicted octanol–water partition coefficient (Wildman–Crippen LogP) is 7.41. The number of nitrogens with zero attached hydrogens (tertiary/aromatic N) is 2. The van der Waals surface area contributed by atoms with Crippen LogP contribution in [0.4, 0.5) is 5.69 Å². The molecule has 1 N–H and O–H groups in total. The van der Waals surface area contributed by atoms with E-state index in [1.807, 2.05) is 51.1 Å². The highest BCUT2D eigenvalue weighted by molar-refractivity contribution is 7.92. The first-order valence-electron chi connectivity index (χ1n) is 15.0. The average molecular weight is 717 g/mol. The van der Waals surface area contributed by atoms with Gasteiger partial charge in [-0.3, -0.25) is 13.9 Å². The summed E-state index contributed by atoms with van der Waals surface area (Å²) in [6.07, 6.45) is 0.170. The molecule has 0 saturated heterocycles. The summed E-state index contributed by atoms with van der Waals surface area (Å²) in [6.45, 7) is 5.21. The van der Waals surface area contributed by atoms with E-state index in [0.717, 1.165) is 9.87 Å². The maximum absolute atomic E-state index is 14.6. The molecule has 0 unspecified atom stereocenters. The van der Waals surface area contributed by atoms with Crippen molar-refractivity contribution in [2.45, 2.75) is 50.7 Å². The van der Waals surface area contributed by atoms with E-state index in [0.29, 0.717) is 33.0 Å². The Bertz CT molecular complexity index is 1770. The third kappa shape index (κ3) is 9.64. The van der Waals surface area contributed by atoms with E-state index < -0.39 is 34.4 Å². The standard InChI is InChI=1S/C35H36Cl3N3O5S/c1-4-46-30-16-14-29(15-17-30)41(47(44,45)31-18-12-27(36)13-19-31)23-34(42)40(22-26-10-11-28(37)21-32(26)38)33(35(43)39-24(2)3)20-25-8-6-5-7-9-25/h5-19,21,24,33H,4,20,22-23H2,1-3H3,(H,39,43)/t33-/m0/s1. The molecule has 47 heavy (non-hydrogen) atoms. The zero-order valence-electron chi connectivity index (χ0n) is 26.2. The molecule has 4 aromatic carbocycles. The van der Waals surface area contributed by atoms with E-state index in [1.165, 1.54) is 29.2 Å². The molecule has 0 bridgehead atoms. The van der Waals surface area contributed by atoms with Crippen LogP contribution in [0.5, 0.6) is 5.75 Å². The second-order valence-electron chi connectivity index (χ2n) is 11.0. The van der Waals surface area contributed by atoms with E-state index in [4.69, 9.17) is 39.5 Å². The number of benzene rings is 4. The van der Waals surface area contributed by atoms with Gasteiger partial charge in [-0.25, -0.2) is 8.42 Å². The first-order chi connectivity index (χ1) is 22.4. The van der Waals surface area contributed by atoms with Crippen molar-refractivity contribution < 1.29 is 22.7 Å². The lowest BCUT2D eigenvalue weighted by Crippen LogP contribution is -2.54. The van der Waals surface area contributed by atoms with Crippen molar-refractivity contribution >= 4 is 62.3 Å². The van der Waals surface area contributed by atoms with Gasteiger partial charge >= 0.3 is 0 Å². The highest BCUT2D eigenvalue weighted by atomic mass is 35.5. The number of halogens is 3. The number of anilines is 1. The summed E-state index contributed by atoms with van der Waals surface area (Å²) in [7, 11) is -4.29. The summed E-state index contributed by atoms with van der Waals surface area (Å²) in [5.74, 6) is -0.476. The van der Waals surface area contributed by atoms with E-state index in [1.54, 1.807) is 42.5 Å². The van der Waals surface area contributed by atoms with Crippen molar-refractivity contribution in [2.75, 3.05) is 17.5 Å². The van der Waals surface area contributed by atoms with Crippen molar-refractivity contribution in [2.24, 2.45) is 0 Å². The monoisotopic (exact) mass is 715 g/mol. The van der Waals surface area contributed by atoms with Gasteiger partial charge in [0.1, 0.15) is 18.3 Å². The molecular weight excluding hydrogens is 681 g/mol. The molecule has 0 aliphatic rings. The maximum atomic E-state index is 14.6. The van der Waals surface area contributed by atoms with Gasteiger partial charge < -0.3 is 15.0 Å². The van der Waals surface area contributed by atoms with Crippen molar-refractivity contribution in [3.63, 3.8) is 0 Å². The van der Waals surface area contributed by atoms with Gasteiger partial charge in [0.15, 0.2) is 0 Å². The van der Waals surface area contributed by atoms with Crippen molar-refractivity contribution in [3.8, 4) is 5.75 Å². The van der Waals surface area contributed by atoms with Crippen LogP contribution >= 0.6 is 34.8 Å². The van der Waals surface area contributed by atoms with Crippen LogP contribution in [0.3, 0.4) is 0 Å². The average Bonchev–Trinajstić information content (AvgIpc) is 3.03. The second kappa shape index (κ2) is 16.4. The molecule has 0 fully saturated rings. The molecule has 4 aromatic rings. The molecule has 0 aromatic heterocycles. The number of hydrogen-bond donors (Lipinski definition) is 1. The Balaban J connectivity index is 1.82. The van der Waals surface area contributed by atoms with Crippen molar-refractivity contribution in [1.82, 2.24) is 10.2 Å². The molecule has 2 amide bonds. The topological polar surface area (TPSA) is 96.0 Å². The second-order valence-corrected chi connectivity index (χ2v) is 14.2. The molecule has 0 saturated carbocycles. The van der Waals surface area contributed by atoms with Gasteiger partial charge in [0, 0.05) is 34.1 Å². The Labute approximate surface area is 291 Å². The molecule has 4 rings (SSSR count). The molecule has 8 nitrogen and oxygen atoms in total. The number of carbonyl (C=O) groups is 2. The lowest BCUT2D eigenvalue weighted by Gasteiger charge is -2.34. The number of hydrogen-bond acceptors (Lipinski definition) is 5. The minimum Gasteiger partial charge on any atom is -0.494 e. The van der Waals surface area contributed by atoms with Crippen LogP contribution in [0, 0.1) is 0 Å². The van der Waals surface area contributed by atoms with Crippen LogP contribution in [0.15, 0.2) is 102 Å². The Morgan fingerprint density at radius 3 is 2.09 bits per heavy atom. The molecule has 0 radical (unpaired) electrons. The summed E-state index contributed by atoms with van der Waals surface area (Å²) < 4.78 is 34.9. The Morgan fingerprint density at radius 1 is 0.851 bits per heavy atom. The van der Waals surface area contributed by atoms with Gasteiger partial charge in [0.25, 0.3) is 10.0 Å². The lowest BCUT2D eigenvalue weighted by molar-refractivity contribution is -0.140. The predicted molar refractivity (Wildman–Crippen MR) is 188 cm³/mol. The minimum absolute atomic E-state index is 0.0609. The Kier molecular flexibility index (Phi) is 12.6. The quantitative estimate of drug-likeness (QED) is 0.147. The largest absolute Gasteiger partial charge is 0.494 e. The molecule has 1 atom stereocenters. The van der Waals surface area contributed by atoms with Gasteiger partial charge in [-0.1, -0.05) is 71.2 Å². The van der Waals surface area contributed by atoms with Gasteiger partial charge in [-0.05, 0) is 92.6 Å². The number of amides is 2. The molecule has 12 heteroatoms. The number of nitrogens with one attached hydrogen (secondary N) is 1. The highest BCUT2D eigenvalue weighted by Crippen LogP contribution is 2.29. The molecule has 0 heterocycles. The first-order valence-corrected chi connectivity index (χ1v) is 17.5. The van der Waals surface area contributed by atoms with Crippen molar-refractivity contribution in [1.29, 1.82) is 0 Å². The van der Waals surface area contributed by atoms with E-state index in [2.05, 4.69) is 5.32 Å². The zero-order chi connectivity index (χ0) is 34.1. The van der Waals surface area contributed by atoms with E-state index in [-0.39, 0.29) is 29.6 Å². The van der Waals surface area contributed by atoms with Crippen LogP contribution in [-0.4, -0.2) is 50.4 Å². The molecule has 0 aliphatic carbocycles. The normalized spacial score (nSPS) is 12.0. The fraction of sp³-hybridized carbons (Fsp3) is 0.257. The number of sulfonamides is 1. The number of carbonyl (C=O) groups excluding carboxylic acids is 2. The van der Waals surface area contributed by atoms with Gasteiger partial charge in [0.2, 0.25) is 11.8 Å². The molecular formula is C35H36Cl3N3O5S. The first kappa shape index (κ1) is 36.1. The van der Waals surface area contributed by atoms with Gasteiger partial charge in [-0.15, -0.1) is 0 Å². The third-order valence-corrected chi connectivity index (χ3v) is 9.80. The number of rotatable bonds is 14. The van der Waals surface area contributed by atoms with Crippen LogP contribution < -0.4 is 14.4 Å². The summed E-state index contributed by atoms with van der Waals surface area (Å²) >= 11 is 18.8. The summed E-state index contributed by atoms with van der Waals surface area (Å²) in [6, 6.07) is 25.0. The summed E-state index contributed by atoms with van der Waals surface area (Å²) in [5, 5.41) is 4.00. The van der Waals surface area contributed by atoms with Crippen LogP contribution in [0.2, 0.25) is 15.1 Å². The SMILES string of the molecule is CCOc1ccc(N(CC(=O)N(Cc2ccc(Cl)cc2Cl)[C@@H](Cc2ccccc2)C(=O)NC(C)C)S(=O)(=O)c2ccc(Cl)cc2)cc1. The lowest BCUT2D eigenvalue weighted by atomic mass is 10.0. The highest BCUT2D eigenvalue weighted by Gasteiger charge is 2.35. The smallest absolute Gasteiger partial charge is 0.264 e. The van der Waals surface area contributed by atoms with Crippen LogP contribution in [-0.2, 0) is 32.6 Å². The minimum atomic E-state index is -4.29. The third-order valence-electron chi connectivity index (χ3n) is 7.17. The van der Waals surface area contributed by atoms with Crippen LogP contribution in [0.25, 0.3) is 0 Å². The molecule has 0 spiro atoms. The molecule has 0 aliphatic heterocycles. The van der Waals surface area contributed by atoms with E-state index in [9.17, 15) is 18.0 Å². The molecule has 248 valence electrons. The maximum Gasteiger partial charge on any atom is 0.264 e. The van der Waals surface area contributed by atoms with E-state index >= 15 is 0 Å². The van der Waals surface area contributed by atoms with Crippen LogP contribution in [0.1, 0.15) is 31.9 Å².